The van der Waals surface area contributed by atoms with Gasteiger partial charge < -0.3 is 10.1 Å². The number of fused-ring (bicyclic) bond motifs is 2. The lowest BCUT2D eigenvalue weighted by Gasteiger charge is -2.24. The molecule has 0 radical (unpaired) electrons. The Balaban J connectivity index is 1.63. The monoisotopic (exact) mass is 404 g/mol. The van der Waals surface area contributed by atoms with E-state index in [1.807, 2.05) is 50.2 Å². The topological polar surface area (TPSA) is 69.0 Å². The van der Waals surface area contributed by atoms with Gasteiger partial charge in [0.15, 0.2) is 0 Å². The Hall–Kier alpha value is -3.19. The summed E-state index contributed by atoms with van der Waals surface area (Å²) < 4.78 is 8.39. The number of ether oxygens (including phenoxy) is 1. The summed E-state index contributed by atoms with van der Waals surface area (Å²) in [5.74, 6) is 1.53. The summed E-state index contributed by atoms with van der Waals surface area (Å²) >= 11 is 1.53. The first-order chi connectivity index (χ1) is 14.1. The molecule has 0 bridgehead atoms. The predicted octanol–water partition coefficient (Wildman–Crippen LogP) is 4.66. The van der Waals surface area contributed by atoms with Crippen molar-refractivity contribution in [2.75, 3.05) is 11.9 Å². The maximum atomic E-state index is 12.5. The average Bonchev–Trinajstić information content (AvgIpc) is 3.29. The van der Waals surface area contributed by atoms with E-state index in [-0.39, 0.29) is 11.8 Å². The van der Waals surface area contributed by atoms with Crippen molar-refractivity contribution in [2.24, 2.45) is 0 Å². The molecule has 7 heteroatoms. The highest BCUT2D eigenvalue weighted by molar-refractivity contribution is 7.20. The molecule has 5 rings (SSSR count). The van der Waals surface area contributed by atoms with E-state index in [9.17, 15) is 4.79 Å². The Morgan fingerprint density at radius 1 is 1.24 bits per heavy atom. The molecular formula is C22H20N4O2S. The van der Waals surface area contributed by atoms with E-state index in [0.717, 1.165) is 43.7 Å². The number of carbonyl (C=O) groups is 1. The van der Waals surface area contributed by atoms with Crippen LogP contribution in [0, 0.1) is 6.92 Å². The van der Waals surface area contributed by atoms with Gasteiger partial charge in [-0.1, -0.05) is 41.7 Å². The van der Waals surface area contributed by atoms with Gasteiger partial charge in [-0.05, 0) is 37.6 Å². The van der Waals surface area contributed by atoms with Crippen LogP contribution < -0.4 is 10.1 Å². The molecule has 1 amide bonds. The van der Waals surface area contributed by atoms with E-state index in [1.165, 1.54) is 11.3 Å². The molecule has 1 N–H and O–H groups in total. The molecule has 2 aromatic heterocycles. The molecule has 0 spiro atoms. The molecule has 4 aromatic rings. The minimum atomic E-state index is -0.00718. The van der Waals surface area contributed by atoms with Gasteiger partial charge in [-0.2, -0.15) is 9.78 Å². The third-order valence-electron chi connectivity index (χ3n) is 5.15. The molecule has 1 aliphatic heterocycles. The van der Waals surface area contributed by atoms with Crippen molar-refractivity contribution in [3.8, 4) is 10.9 Å². The summed E-state index contributed by atoms with van der Waals surface area (Å²) in [6.45, 7) is 4.58. The van der Waals surface area contributed by atoms with Crippen LogP contribution in [-0.2, 0) is 4.79 Å². The van der Waals surface area contributed by atoms with Crippen LogP contribution in [0.25, 0.3) is 15.3 Å². The zero-order chi connectivity index (χ0) is 20.0. The summed E-state index contributed by atoms with van der Waals surface area (Å²) in [5, 5.41) is 8.50. The van der Waals surface area contributed by atoms with E-state index in [2.05, 4.69) is 17.4 Å². The lowest BCUT2D eigenvalue weighted by molar-refractivity contribution is -0.116. The van der Waals surface area contributed by atoms with Crippen LogP contribution in [-0.4, -0.2) is 27.3 Å². The smallest absolute Gasteiger partial charge is 0.226 e. The van der Waals surface area contributed by atoms with E-state index in [0.29, 0.717) is 13.0 Å². The Morgan fingerprint density at radius 3 is 2.86 bits per heavy atom. The maximum absolute atomic E-state index is 12.5. The van der Waals surface area contributed by atoms with E-state index in [4.69, 9.17) is 14.8 Å². The molecule has 0 saturated heterocycles. The number of benzene rings is 2. The molecule has 146 valence electrons. The summed E-state index contributed by atoms with van der Waals surface area (Å²) in [4.78, 5) is 17.2. The number of anilines is 1. The average molecular weight is 404 g/mol. The fourth-order valence-corrected chi connectivity index (χ4v) is 4.85. The summed E-state index contributed by atoms with van der Waals surface area (Å²) in [7, 11) is 0. The lowest BCUT2D eigenvalue weighted by Crippen LogP contribution is -2.24. The Labute approximate surface area is 172 Å². The molecule has 1 atom stereocenters. The lowest BCUT2D eigenvalue weighted by atomic mass is 9.86. The van der Waals surface area contributed by atoms with Crippen LogP contribution >= 0.6 is 11.3 Å². The van der Waals surface area contributed by atoms with Gasteiger partial charge in [-0.15, -0.1) is 0 Å². The normalized spacial score (nSPS) is 15.9. The first kappa shape index (κ1) is 17.9. The highest BCUT2D eigenvalue weighted by Gasteiger charge is 2.33. The molecule has 2 aromatic carbocycles. The largest absolute Gasteiger partial charge is 0.494 e. The standard InChI is InChI=1S/C22H20N4O2S/c1-3-28-15-9-10-17-18(11-15)29-22(23-17)26-21-20(13(2)25-26)16(12-19(27)24-21)14-7-5-4-6-8-14/h4-11,16H,3,12H2,1-2H3,(H,24,27). The van der Waals surface area contributed by atoms with Crippen LogP contribution in [0.4, 0.5) is 5.82 Å². The number of carbonyl (C=O) groups excluding carboxylic acids is 1. The van der Waals surface area contributed by atoms with Crippen LogP contribution in [0.1, 0.15) is 36.1 Å². The fourth-order valence-electron chi connectivity index (χ4n) is 3.90. The number of rotatable bonds is 4. The van der Waals surface area contributed by atoms with E-state index in [1.54, 1.807) is 4.68 Å². The summed E-state index contributed by atoms with van der Waals surface area (Å²) in [5.41, 5.74) is 3.97. The van der Waals surface area contributed by atoms with Crippen molar-refractivity contribution in [1.82, 2.24) is 14.8 Å². The van der Waals surface area contributed by atoms with E-state index < -0.39 is 0 Å². The number of thiazole rings is 1. The fraction of sp³-hybridized carbons (Fsp3) is 0.227. The third-order valence-corrected chi connectivity index (χ3v) is 6.14. The van der Waals surface area contributed by atoms with Gasteiger partial charge in [0, 0.05) is 17.9 Å². The zero-order valence-corrected chi connectivity index (χ0v) is 17.0. The summed E-state index contributed by atoms with van der Waals surface area (Å²) in [6, 6.07) is 16.0. The van der Waals surface area contributed by atoms with Gasteiger partial charge in [0.25, 0.3) is 0 Å². The van der Waals surface area contributed by atoms with Crippen molar-refractivity contribution in [3.05, 3.63) is 65.4 Å². The maximum Gasteiger partial charge on any atom is 0.226 e. The number of aryl methyl sites for hydroxylation is 1. The van der Waals surface area contributed by atoms with Crippen LogP contribution in [0.3, 0.4) is 0 Å². The minimum Gasteiger partial charge on any atom is -0.494 e. The molecule has 0 aliphatic carbocycles. The highest BCUT2D eigenvalue weighted by atomic mass is 32.1. The highest BCUT2D eigenvalue weighted by Crippen LogP contribution is 2.41. The second-order valence-electron chi connectivity index (χ2n) is 7.03. The van der Waals surface area contributed by atoms with Gasteiger partial charge >= 0.3 is 0 Å². The number of aromatic nitrogens is 3. The van der Waals surface area contributed by atoms with Crippen molar-refractivity contribution < 1.29 is 9.53 Å². The Bertz CT molecular complexity index is 1210. The number of hydrogen-bond acceptors (Lipinski definition) is 5. The van der Waals surface area contributed by atoms with E-state index >= 15 is 0 Å². The van der Waals surface area contributed by atoms with Crippen molar-refractivity contribution in [3.63, 3.8) is 0 Å². The molecule has 0 fully saturated rings. The molecule has 6 nitrogen and oxygen atoms in total. The van der Waals surface area contributed by atoms with Crippen LogP contribution in [0.5, 0.6) is 5.75 Å². The quantitative estimate of drug-likeness (QED) is 0.537. The first-order valence-electron chi connectivity index (χ1n) is 9.62. The van der Waals surface area contributed by atoms with Gasteiger partial charge in [0.1, 0.15) is 11.6 Å². The predicted molar refractivity (Wildman–Crippen MR) is 114 cm³/mol. The zero-order valence-electron chi connectivity index (χ0n) is 16.2. The minimum absolute atomic E-state index is 0.00682. The van der Waals surface area contributed by atoms with Crippen molar-refractivity contribution in [1.29, 1.82) is 0 Å². The third kappa shape index (κ3) is 3.07. The Morgan fingerprint density at radius 2 is 2.07 bits per heavy atom. The van der Waals surface area contributed by atoms with Crippen LogP contribution in [0.2, 0.25) is 0 Å². The number of nitrogens with zero attached hydrogens (tertiary/aromatic N) is 3. The molecular weight excluding hydrogens is 384 g/mol. The van der Waals surface area contributed by atoms with Gasteiger partial charge in [0.2, 0.25) is 11.0 Å². The summed E-state index contributed by atoms with van der Waals surface area (Å²) in [6.07, 6.45) is 0.418. The van der Waals surface area contributed by atoms with Gasteiger partial charge in [0.05, 0.1) is 22.5 Å². The number of hydrogen-bond donors (Lipinski definition) is 1. The second kappa shape index (κ2) is 7.00. The first-order valence-corrected chi connectivity index (χ1v) is 10.4. The Kier molecular flexibility index (Phi) is 4.32. The molecule has 1 unspecified atom stereocenters. The van der Waals surface area contributed by atoms with Gasteiger partial charge in [-0.25, -0.2) is 4.98 Å². The molecule has 3 heterocycles. The molecule has 1 aliphatic rings. The number of amides is 1. The van der Waals surface area contributed by atoms with Gasteiger partial charge in [-0.3, -0.25) is 4.79 Å². The van der Waals surface area contributed by atoms with Crippen molar-refractivity contribution in [2.45, 2.75) is 26.2 Å². The van der Waals surface area contributed by atoms with Crippen LogP contribution in [0.15, 0.2) is 48.5 Å². The molecule has 29 heavy (non-hydrogen) atoms. The molecule has 0 saturated carbocycles. The number of nitrogens with one attached hydrogen (secondary N) is 1. The second-order valence-corrected chi connectivity index (χ2v) is 8.04. The van der Waals surface area contributed by atoms with Crippen molar-refractivity contribution >= 4 is 33.3 Å². The SMILES string of the molecule is CCOc1ccc2nc(-n3nc(C)c4c3NC(=O)CC4c3ccccc3)sc2c1.